The molecule has 7 nitrogen and oxygen atoms in total. The second-order valence-electron chi connectivity index (χ2n) is 5.23. The van der Waals surface area contributed by atoms with Crippen LogP contribution in [-0.2, 0) is 11.2 Å². The third-order valence-electron chi connectivity index (χ3n) is 3.50. The Morgan fingerprint density at radius 2 is 2.29 bits per heavy atom. The molecule has 0 fully saturated rings. The predicted molar refractivity (Wildman–Crippen MR) is 93.4 cm³/mol. The number of thiophene rings is 1. The Hall–Kier alpha value is -2.87. The fourth-order valence-electron chi connectivity index (χ4n) is 2.21. The van der Waals surface area contributed by atoms with Gasteiger partial charge in [0.15, 0.2) is 0 Å². The van der Waals surface area contributed by atoms with Crippen LogP contribution in [0.15, 0.2) is 34.4 Å². The number of pyridine rings is 1. The zero-order valence-electron chi connectivity index (χ0n) is 13.2. The summed E-state index contributed by atoms with van der Waals surface area (Å²) in [4.78, 5) is 36.7. The number of nitrogens with one attached hydrogen (secondary N) is 2. The maximum Gasteiger partial charge on any atom is 0.259 e. The number of H-pyrrole nitrogens is 1. The average Bonchev–Trinajstić information content (AvgIpc) is 2.83. The van der Waals surface area contributed by atoms with E-state index in [1.54, 1.807) is 18.5 Å². The fraction of sp³-hybridized carbons (Fsp3) is 0.188. The van der Waals surface area contributed by atoms with Crippen molar-refractivity contribution in [2.45, 2.75) is 20.3 Å². The number of carbonyl (C=O) groups excluding carboxylic acids is 1. The van der Waals surface area contributed by atoms with Crippen LogP contribution in [0.25, 0.3) is 10.2 Å². The van der Waals surface area contributed by atoms with Gasteiger partial charge >= 0.3 is 0 Å². The standard InChI is InChI=1S/C16H15N5O2S/c1-9-10(2)24-16-14(9)15(23)19-12(20-16)6-13(22)21-18-8-11-4-3-5-17-7-11/h3-5,7-8H,6H2,1-2H3,(H,21,22)(H,19,20,23)/b18-8-. The molecule has 0 atom stereocenters. The first-order valence-electron chi connectivity index (χ1n) is 7.25. The van der Waals surface area contributed by atoms with Crippen LogP contribution >= 0.6 is 11.3 Å². The average molecular weight is 341 g/mol. The Balaban J connectivity index is 1.72. The number of hydrogen-bond acceptors (Lipinski definition) is 6. The molecular weight excluding hydrogens is 326 g/mol. The van der Waals surface area contributed by atoms with Crippen LogP contribution in [0.3, 0.4) is 0 Å². The Morgan fingerprint density at radius 3 is 3.04 bits per heavy atom. The van der Waals surface area contributed by atoms with Crippen molar-refractivity contribution < 1.29 is 4.79 Å². The molecule has 8 heteroatoms. The number of aryl methyl sites for hydroxylation is 2. The highest BCUT2D eigenvalue weighted by molar-refractivity contribution is 7.18. The highest BCUT2D eigenvalue weighted by atomic mass is 32.1. The van der Waals surface area contributed by atoms with E-state index in [9.17, 15) is 9.59 Å². The van der Waals surface area contributed by atoms with Gasteiger partial charge < -0.3 is 4.98 Å². The van der Waals surface area contributed by atoms with Gasteiger partial charge in [-0.1, -0.05) is 6.07 Å². The van der Waals surface area contributed by atoms with Crippen molar-refractivity contribution in [3.63, 3.8) is 0 Å². The molecule has 3 aromatic rings. The van der Waals surface area contributed by atoms with E-state index in [4.69, 9.17) is 0 Å². The van der Waals surface area contributed by atoms with Crippen LogP contribution in [0.5, 0.6) is 0 Å². The van der Waals surface area contributed by atoms with Crippen molar-refractivity contribution >= 4 is 33.7 Å². The molecule has 0 bridgehead atoms. The predicted octanol–water partition coefficient (Wildman–Crippen LogP) is 1.69. The van der Waals surface area contributed by atoms with Crippen LogP contribution in [0, 0.1) is 13.8 Å². The van der Waals surface area contributed by atoms with Crippen molar-refractivity contribution in [2.24, 2.45) is 5.10 Å². The maximum absolute atomic E-state index is 12.2. The molecule has 3 aromatic heterocycles. The van der Waals surface area contributed by atoms with E-state index in [-0.39, 0.29) is 17.9 Å². The van der Waals surface area contributed by atoms with Crippen LogP contribution in [-0.4, -0.2) is 27.1 Å². The highest BCUT2D eigenvalue weighted by Gasteiger charge is 2.13. The summed E-state index contributed by atoms with van der Waals surface area (Å²) < 4.78 is 0. The van der Waals surface area contributed by atoms with Gasteiger partial charge in [0.25, 0.3) is 5.56 Å². The van der Waals surface area contributed by atoms with Crippen LogP contribution < -0.4 is 11.0 Å². The number of aromatic amines is 1. The van der Waals surface area contributed by atoms with Crippen molar-refractivity contribution in [2.75, 3.05) is 0 Å². The monoisotopic (exact) mass is 341 g/mol. The third-order valence-corrected chi connectivity index (χ3v) is 4.60. The lowest BCUT2D eigenvalue weighted by Crippen LogP contribution is -2.23. The van der Waals surface area contributed by atoms with Crippen LogP contribution in [0.2, 0.25) is 0 Å². The summed E-state index contributed by atoms with van der Waals surface area (Å²) >= 11 is 1.45. The van der Waals surface area contributed by atoms with E-state index in [2.05, 4.69) is 25.5 Å². The minimum atomic E-state index is -0.359. The van der Waals surface area contributed by atoms with Gasteiger partial charge in [0.05, 0.1) is 18.0 Å². The molecule has 24 heavy (non-hydrogen) atoms. The second-order valence-corrected chi connectivity index (χ2v) is 6.44. The molecule has 0 saturated heterocycles. The molecule has 3 rings (SSSR count). The van der Waals surface area contributed by atoms with Gasteiger partial charge in [0.2, 0.25) is 5.91 Å². The van der Waals surface area contributed by atoms with Crippen molar-refractivity contribution in [1.29, 1.82) is 0 Å². The van der Waals surface area contributed by atoms with Crippen LogP contribution in [0.1, 0.15) is 21.8 Å². The van der Waals surface area contributed by atoms with Gasteiger partial charge in [-0.15, -0.1) is 11.3 Å². The van der Waals surface area contributed by atoms with E-state index in [0.717, 1.165) is 16.0 Å². The minimum absolute atomic E-state index is 0.0500. The molecular formula is C16H15N5O2S. The molecule has 3 heterocycles. The molecule has 122 valence electrons. The second kappa shape index (κ2) is 6.71. The molecule has 0 aliphatic heterocycles. The molecule has 0 radical (unpaired) electrons. The van der Waals surface area contributed by atoms with Gasteiger partial charge in [0, 0.05) is 22.8 Å². The van der Waals surface area contributed by atoms with Crippen molar-refractivity contribution in [3.8, 4) is 0 Å². The fourth-order valence-corrected chi connectivity index (χ4v) is 3.25. The quantitative estimate of drug-likeness (QED) is 0.557. The number of carbonyl (C=O) groups is 1. The van der Waals surface area contributed by atoms with Gasteiger partial charge in [-0.25, -0.2) is 10.4 Å². The number of amides is 1. The molecule has 0 spiro atoms. The minimum Gasteiger partial charge on any atom is -0.309 e. The summed E-state index contributed by atoms with van der Waals surface area (Å²) in [6, 6.07) is 3.59. The number of fused-ring (bicyclic) bond motifs is 1. The first-order chi connectivity index (χ1) is 11.5. The SMILES string of the molecule is Cc1sc2nc(CC(=O)N/N=C\c3cccnc3)[nH]c(=O)c2c1C. The molecule has 0 unspecified atom stereocenters. The number of hydrogen-bond donors (Lipinski definition) is 2. The molecule has 0 saturated carbocycles. The summed E-state index contributed by atoms with van der Waals surface area (Å²) in [6.45, 7) is 3.84. The lowest BCUT2D eigenvalue weighted by atomic mass is 10.2. The Bertz CT molecular complexity index is 975. The summed E-state index contributed by atoms with van der Waals surface area (Å²) in [5, 5.41) is 4.45. The molecule has 0 aliphatic carbocycles. The smallest absolute Gasteiger partial charge is 0.259 e. The summed E-state index contributed by atoms with van der Waals surface area (Å²) in [7, 11) is 0. The van der Waals surface area contributed by atoms with Crippen LogP contribution in [0.4, 0.5) is 0 Å². The maximum atomic E-state index is 12.2. The lowest BCUT2D eigenvalue weighted by molar-refractivity contribution is -0.120. The van der Waals surface area contributed by atoms with E-state index in [1.165, 1.54) is 17.6 Å². The van der Waals surface area contributed by atoms with Crippen molar-refractivity contribution in [1.82, 2.24) is 20.4 Å². The molecule has 0 aliphatic rings. The third kappa shape index (κ3) is 3.38. The molecule has 0 aromatic carbocycles. The molecule has 2 N–H and O–H groups in total. The summed E-state index contributed by atoms with van der Waals surface area (Å²) in [5.74, 6) is -0.0366. The first kappa shape index (κ1) is 16.0. The molecule has 1 amide bonds. The zero-order valence-corrected chi connectivity index (χ0v) is 14.0. The lowest BCUT2D eigenvalue weighted by Gasteiger charge is -2.00. The number of nitrogens with zero attached hydrogens (tertiary/aromatic N) is 3. The van der Waals surface area contributed by atoms with Crippen molar-refractivity contribution in [3.05, 3.63) is 56.7 Å². The summed E-state index contributed by atoms with van der Waals surface area (Å²) in [5.41, 5.74) is 3.89. The van der Waals surface area contributed by atoms with Gasteiger partial charge in [-0.05, 0) is 25.5 Å². The van der Waals surface area contributed by atoms with E-state index >= 15 is 0 Å². The summed E-state index contributed by atoms with van der Waals surface area (Å²) in [6.07, 6.45) is 4.73. The topological polar surface area (TPSA) is 100 Å². The largest absolute Gasteiger partial charge is 0.309 e. The van der Waals surface area contributed by atoms with E-state index in [0.29, 0.717) is 16.0 Å². The Kier molecular flexibility index (Phi) is 4.48. The Labute approximate surface area is 141 Å². The Morgan fingerprint density at radius 1 is 1.46 bits per heavy atom. The normalized spacial score (nSPS) is 11.2. The highest BCUT2D eigenvalue weighted by Crippen LogP contribution is 2.25. The zero-order chi connectivity index (χ0) is 17.1. The van der Waals surface area contributed by atoms with E-state index < -0.39 is 0 Å². The van der Waals surface area contributed by atoms with Gasteiger partial charge in [-0.3, -0.25) is 14.6 Å². The first-order valence-corrected chi connectivity index (χ1v) is 8.07. The van der Waals surface area contributed by atoms with E-state index in [1.807, 2.05) is 19.9 Å². The van der Waals surface area contributed by atoms with Gasteiger partial charge in [-0.2, -0.15) is 5.10 Å². The number of hydrazone groups is 1. The van der Waals surface area contributed by atoms with Gasteiger partial charge in [0.1, 0.15) is 10.7 Å². The number of rotatable bonds is 4. The number of aromatic nitrogens is 3.